The number of para-hydroxylation sites is 2. The van der Waals surface area contributed by atoms with Gasteiger partial charge in [0.15, 0.2) is 11.5 Å². The maximum Gasteiger partial charge on any atom is 0.261 e. The van der Waals surface area contributed by atoms with Crippen LogP contribution in [0.4, 0.5) is 22.7 Å². The molecule has 5 aromatic carbocycles. The fourth-order valence-electron chi connectivity index (χ4n) is 8.20. The topological polar surface area (TPSA) is 119 Å². The van der Waals surface area contributed by atoms with Gasteiger partial charge in [0.2, 0.25) is 0 Å². The maximum absolute atomic E-state index is 13.9. The first kappa shape index (κ1) is 36.9. The molecule has 58 heavy (non-hydrogen) atoms. The van der Waals surface area contributed by atoms with Gasteiger partial charge in [-0.15, -0.1) is 0 Å². The lowest BCUT2D eigenvalue weighted by Gasteiger charge is -2.22. The second-order valence-corrected chi connectivity index (χ2v) is 15.1. The number of rotatable bonds is 12. The molecule has 2 atom stereocenters. The molecule has 0 fully saturated rings. The highest BCUT2D eigenvalue weighted by Gasteiger charge is 2.37. The molecule has 0 spiro atoms. The first-order valence-electron chi connectivity index (χ1n) is 19.5. The van der Waals surface area contributed by atoms with Crippen LogP contribution in [0.5, 0.6) is 23.0 Å². The third-order valence-electron chi connectivity index (χ3n) is 11.0. The average Bonchev–Trinajstić information content (AvgIpc) is 3.72. The molecule has 0 aliphatic carbocycles. The number of ether oxygens (including phenoxy) is 4. The van der Waals surface area contributed by atoms with Gasteiger partial charge in [-0.25, -0.2) is 0 Å². The van der Waals surface area contributed by atoms with Crippen molar-refractivity contribution in [3.8, 4) is 23.0 Å². The number of benzene rings is 5. The Bertz CT molecular complexity index is 2550. The van der Waals surface area contributed by atoms with Crippen LogP contribution in [-0.2, 0) is 30.8 Å². The molecule has 4 heterocycles. The molecule has 4 aliphatic rings. The molecular formula is C47H42N4O7. The third kappa shape index (κ3) is 6.97. The van der Waals surface area contributed by atoms with Crippen molar-refractivity contribution in [2.24, 2.45) is 9.98 Å². The SMILES string of the molecule is COc1cc2c(cc1OCc1cc(COc3cc4c(cc3C)C(=O)N3c5ccccc5C[C@H]3C=N4)cc(OCCCC(C)=O)c1)N=C[C@@H]1Cc3ccccc3N1C2=O. The smallest absolute Gasteiger partial charge is 0.261 e. The van der Waals surface area contributed by atoms with Crippen molar-refractivity contribution >= 4 is 52.8 Å². The number of aliphatic imine (C=N–C) groups is 2. The zero-order valence-corrected chi connectivity index (χ0v) is 32.6. The summed E-state index contributed by atoms with van der Waals surface area (Å²) in [7, 11) is 1.55. The first-order chi connectivity index (χ1) is 28.2. The number of Topliss-reactive ketones (excluding diaryl/α,β-unsaturated/α-hetero) is 1. The molecule has 2 amide bonds. The van der Waals surface area contributed by atoms with Crippen LogP contribution in [0, 0.1) is 6.92 Å². The average molecular weight is 775 g/mol. The predicted molar refractivity (Wildman–Crippen MR) is 222 cm³/mol. The van der Waals surface area contributed by atoms with Crippen molar-refractivity contribution in [3.63, 3.8) is 0 Å². The van der Waals surface area contributed by atoms with Gasteiger partial charge in [-0.1, -0.05) is 36.4 Å². The number of amides is 2. The molecule has 4 aliphatic heterocycles. The van der Waals surface area contributed by atoms with E-state index in [-0.39, 0.29) is 42.9 Å². The molecule has 0 saturated heterocycles. The van der Waals surface area contributed by atoms with Gasteiger partial charge in [-0.05, 0) is 90.6 Å². The highest BCUT2D eigenvalue weighted by molar-refractivity contribution is 6.15. The molecule has 0 unspecified atom stereocenters. The number of carbonyl (C=O) groups excluding carboxylic acids is 3. The summed E-state index contributed by atoms with van der Waals surface area (Å²) in [4.78, 5) is 52.5. The van der Waals surface area contributed by atoms with E-state index < -0.39 is 0 Å². The van der Waals surface area contributed by atoms with Crippen LogP contribution in [-0.4, -0.2) is 55.8 Å². The van der Waals surface area contributed by atoms with Gasteiger partial charge in [-0.2, -0.15) is 0 Å². The number of fused-ring (bicyclic) bond motifs is 8. The standard InChI is InChI=1S/C47H42N4O7/c1-28-15-37-39(48-24-34-19-32-10-4-6-12-41(32)50(34)46(37)53)22-43(28)57-26-30-16-31(18-36(17-30)56-14-8-9-29(2)52)27-58-45-23-40-38(21-44(45)55-3)47(54)51-35(25-49-40)20-33-11-5-7-13-42(33)51/h4-7,10-13,15-18,21-25,34-35H,8-9,14,19-20,26-27H2,1-3H3/t34-,35-/m0/s1. The zero-order chi connectivity index (χ0) is 39.9. The lowest BCUT2D eigenvalue weighted by atomic mass is 10.1. The Morgan fingerprint density at radius 2 is 1.24 bits per heavy atom. The van der Waals surface area contributed by atoms with E-state index in [1.165, 1.54) is 0 Å². The maximum atomic E-state index is 13.9. The van der Waals surface area contributed by atoms with Crippen LogP contribution in [0.1, 0.15) is 68.3 Å². The lowest BCUT2D eigenvalue weighted by Crippen LogP contribution is -2.37. The molecule has 11 nitrogen and oxygen atoms in total. The summed E-state index contributed by atoms with van der Waals surface area (Å²) in [5.41, 5.74) is 8.58. The van der Waals surface area contributed by atoms with Crippen LogP contribution < -0.4 is 28.7 Å². The summed E-state index contributed by atoms with van der Waals surface area (Å²) >= 11 is 0. The van der Waals surface area contributed by atoms with Crippen LogP contribution in [0.2, 0.25) is 0 Å². The van der Waals surface area contributed by atoms with Crippen LogP contribution >= 0.6 is 0 Å². The normalized spacial score (nSPS) is 17.0. The van der Waals surface area contributed by atoms with Crippen LogP contribution in [0.15, 0.2) is 101 Å². The summed E-state index contributed by atoms with van der Waals surface area (Å²) in [5, 5.41) is 0. The van der Waals surface area contributed by atoms with Gasteiger partial charge in [0.25, 0.3) is 11.8 Å². The molecule has 11 heteroatoms. The molecule has 0 aromatic heterocycles. The van der Waals surface area contributed by atoms with Crippen LogP contribution in [0.25, 0.3) is 0 Å². The van der Waals surface area contributed by atoms with E-state index in [0.29, 0.717) is 71.4 Å². The van der Waals surface area contributed by atoms with Gasteiger partial charge < -0.3 is 23.7 Å². The van der Waals surface area contributed by atoms with Crippen LogP contribution in [0.3, 0.4) is 0 Å². The number of hydrogen-bond acceptors (Lipinski definition) is 9. The fourth-order valence-corrected chi connectivity index (χ4v) is 8.20. The van der Waals surface area contributed by atoms with Crippen molar-refractivity contribution in [1.82, 2.24) is 0 Å². The number of hydrogen-bond donors (Lipinski definition) is 0. The Kier molecular flexibility index (Phi) is 9.73. The van der Waals surface area contributed by atoms with E-state index >= 15 is 0 Å². The minimum Gasteiger partial charge on any atom is -0.494 e. The highest BCUT2D eigenvalue weighted by atomic mass is 16.5. The molecule has 0 N–H and O–H groups in total. The summed E-state index contributed by atoms with van der Waals surface area (Å²) in [6.07, 6.45) is 6.13. The molecule has 9 rings (SSSR count). The largest absolute Gasteiger partial charge is 0.494 e. The number of nitrogens with zero attached hydrogens (tertiary/aromatic N) is 4. The summed E-state index contributed by atoms with van der Waals surface area (Å²) in [6, 6.07) is 28.6. The number of ketones is 1. The minimum atomic E-state index is -0.174. The Morgan fingerprint density at radius 1 is 0.690 bits per heavy atom. The molecular weight excluding hydrogens is 733 g/mol. The Labute approximate surface area is 336 Å². The van der Waals surface area contributed by atoms with Gasteiger partial charge in [0, 0.05) is 55.2 Å². The van der Waals surface area contributed by atoms with Crippen molar-refractivity contribution in [2.75, 3.05) is 23.5 Å². The van der Waals surface area contributed by atoms with Crippen molar-refractivity contribution in [3.05, 3.63) is 130 Å². The number of carbonyl (C=O) groups is 3. The van der Waals surface area contributed by atoms with E-state index in [1.807, 2.05) is 97.0 Å². The van der Waals surface area contributed by atoms with E-state index in [4.69, 9.17) is 28.9 Å². The van der Waals surface area contributed by atoms with Gasteiger partial charge in [-0.3, -0.25) is 29.4 Å². The second kappa shape index (κ2) is 15.3. The van der Waals surface area contributed by atoms with E-state index in [2.05, 4.69) is 6.07 Å². The minimum absolute atomic E-state index is 0.0769. The van der Waals surface area contributed by atoms with E-state index in [1.54, 1.807) is 31.1 Å². The summed E-state index contributed by atoms with van der Waals surface area (Å²) in [6.45, 7) is 4.23. The number of methoxy groups -OCH3 is 1. The molecule has 0 saturated carbocycles. The van der Waals surface area contributed by atoms with Crippen molar-refractivity contribution in [2.45, 2.75) is 64.8 Å². The fraction of sp³-hybridized carbons (Fsp3) is 0.255. The quantitative estimate of drug-likeness (QED) is 0.117. The predicted octanol–water partition coefficient (Wildman–Crippen LogP) is 8.48. The molecule has 0 bridgehead atoms. The first-order valence-corrected chi connectivity index (χ1v) is 19.5. The van der Waals surface area contributed by atoms with Gasteiger partial charge in [0.1, 0.15) is 30.5 Å². The highest BCUT2D eigenvalue weighted by Crippen LogP contribution is 2.42. The van der Waals surface area contributed by atoms with E-state index in [0.717, 1.165) is 45.6 Å². The van der Waals surface area contributed by atoms with Crippen molar-refractivity contribution < 1.29 is 33.3 Å². The number of aryl methyl sites for hydroxylation is 1. The number of anilines is 2. The van der Waals surface area contributed by atoms with Gasteiger partial charge >= 0.3 is 0 Å². The second-order valence-electron chi connectivity index (χ2n) is 15.1. The molecule has 292 valence electrons. The van der Waals surface area contributed by atoms with Crippen molar-refractivity contribution in [1.29, 1.82) is 0 Å². The monoisotopic (exact) mass is 774 g/mol. The molecule has 0 radical (unpaired) electrons. The Balaban J connectivity index is 0.948. The van der Waals surface area contributed by atoms with E-state index in [9.17, 15) is 14.4 Å². The lowest BCUT2D eigenvalue weighted by molar-refractivity contribution is -0.117. The molecule has 5 aromatic rings. The third-order valence-corrected chi connectivity index (χ3v) is 11.0. The summed E-state index contributed by atoms with van der Waals surface area (Å²) in [5.74, 6) is 1.98. The summed E-state index contributed by atoms with van der Waals surface area (Å²) < 4.78 is 24.6. The zero-order valence-electron chi connectivity index (χ0n) is 32.6. The Hall–Kier alpha value is -6.75. The Morgan fingerprint density at radius 3 is 1.83 bits per heavy atom. The van der Waals surface area contributed by atoms with Gasteiger partial charge in [0.05, 0.1) is 48.3 Å².